The Bertz CT molecular complexity index is 565. The Balaban J connectivity index is 0.00000156. The molecule has 1 amide bonds. The lowest BCUT2D eigenvalue weighted by Gasteiger charge is -2.35. The maximum atomic E-state index is 12.7. The van der Waals surface area contributed by atoms with Crippen molar-refractivity contribution in [3.05, 3.63) is 29.8 Å². The molecule has 3 rings (SSSR count). The molecule has 1 fully saturated rings. The molecule has 1 aromatic rings. The molecule has 0 spiro atoms. The van der Waals surface area contributed by atoms with Crippen molar-refractivity contribution >= 4 is 36.4 Å². The lowest BCUT2D eigenvalue weighted by molar-refractivity contribution is -0.135. The third kappa shape index (κ3) is 4.59. The average molecular weight is 390 g/mol. The van der Waals surface area contributed by atoms with Gasteiger partial charge in [0.1, 0.15) is 0 Å². The number of ether oxygens (including phenoxy) is 1. The Hall–Kier alpha value is -1.01. The van der Waals surface area contributed by atoms with Gasteiger partial charge in [-0.25, -0.2) is 0 Å². The number of anilines is 1. The van der Waals surface area contributed by atoms with E-state index >= 15 is 0 Å². The van der Waals surface area contributed by atoms with Gasteiger partial charge in [0.05, 0.1) is 5.41 Å². The fraction of sp³-hybridized carbons (Fsp3) is 0.611. The number of para-hydroxylation sites is 1. The Morgan fingerprint density at radius 1 is 1.32 bits per heavy atom. The normalized spacial score (nSPS) is 19.2. The van der Waals surface area contributed by atoms with Gasteiger partial charge in [-0.2, -0.15) is 0 Å². The van der Waals surface area contributed by atoms with E-state index in [0.717, 1.165) is 25.8 Å². The number of benzene rings is 1. The van der Waals surface area contributed by atoms with Gasteiger partial charge in [-0.05, 0) is 37.8 Å². The topological polar surface area (TPSA) is 67.6 Å². The zero-order chi connectivity index (χ0) is 16.3. The predicted octanol–water partition coefficient (Wildman–Crippen LogP) is 2.15. The van der Waals surface area contributed by atoms with Crippen LogP contribution in [-0.4, -0.2) is 44.8 Å². The quantitative estimate of drug-likeness (QED) is 0.809. The summed E-state index contributed by atoms with van der Waals surface area (Å²) in [5.74, 6) is 0.0858. The van der Waals surface area contributed by atoms with Gasteiger partial charge in [0, 0.05) is 44.6 Å². The molecule has 1 aromatic carbocycles. The molecular weight excluding hydrogens is 361 g/mol. The van der Waals surface area contributed by atoms with E-state index in [-0.39, 0.29) is 36.8 Å². The first-order valence-electron chi connectivity index (χ1n) is 8.57. The summed E-state index contributed by atoms with van der Waals surface area (Å²) in [6.07, 6.45) is 2.52. The predicted molar refractivity (Wildman–Crippen MR) is 106 cm³/mol. The van der Waals surface area contributed by atoms with Crippen LogP contribution < -0.4 is 16.0 Å². The van der Waals surface area contributed by atoms with Gasteiger partial charge < -0.3 is 20.7 Å². The van der Waals surface area contributed by atoms with Crippen molar-refractivity contribution in [1.29, 1.82) is 0 Å². The number of halogens is 2. The van der Waals surface area contributed by atoms with Crippen LogP contribution >= 0.6 is 24.8 Å². The van der Waals surface area contributed by atoms with Crippen molar-refractivity contribution in [3.8, 4) is 0 Å². The van der Waals surface area contributed by atoms with Crippen molar-refractivity contribution < 1.29 is 9.53 Å². The Morgan fingerprint density at radius 2 is 2.00 bits per heavy atom. The molecule has 0 aliphatic carbocycles. The second-order valence-corrected chi connectivity index (χ2v) is 6.73. The lowest BCUT2D eigenvalue weighted by Crippen LogP contribution is -2.52. The molecule has 1 atom stereocenters. The van der Waals surface area contributed by atoms with E-state index < -0.39 is 5.41 Å². The summed E-state index contributed by atoms with van der Waals surface area (Å²) in [7, 11) is 0. The highest BCUT2D eigenvalue weighted by Crippen LogP contribution is 2.31. The summed E-state index contributed by atoms with van der Waals surface area (Å²) >= 11 is 0. The van der Waals surface area contributed by atoms with E-state index in [1.165, 1.54) is 11.3 Å². The maximum Gasteiger partial charge on any atom is 0.227 e. The van der Waals surface area contributed by atoms with E-state index in [1.807, 2.05) is 0 Å². The minimum Gasteiger partial charge on any atom is -0.381 e. The van der Waals surface area contributed by atoms with Gasteiger partial charge in [0.15, 0.2) is 0 Å². The smallest absolute Gasteiger partial charge is 0.227 e. The maximum absolute atomic E-state index is 12.7. The van der Waals surface area contributed by atoms with Gasteiger partial charge >= 0.3 is 0 Å². The average Bonchev–Trinajstić information content (AvgIpc) is 3.04. The first-order chi connectivity index (χ1) is 11.2. The molecule has 1 saturated heterocycles. The van der Waals surface area contributed by atoms with Crippen molar-refractivity contribution in [2.75, 3.05) is 37.7 Å². The van der Waals surface area contributed by atoms with Gasteiger partial charge in [-0.3, -0.25) is 4.79 Å². The zero-order valence-corrected chi connectivity index (χ0v) is 16.3. The van der Waals surface area contributed by atoms with Crippen molar-refractivity contribution in [2.24, 2.45) is 11.1 Å². The summed E-state index contributed by atoms with van der Waals surface area (Å²) in [6, 6.07) is 8.79. The molecule has 3 N–H and O–H groups in total. The van der Waals surface area contributed by atoms with E-state index in [4.69, 9.17) is 10.5 Å². The molecule has 2 aliphatic rings. The molecular formula is C18H29Cl2N3O2. The van der Waals surface area contributed by atoms with Crippen LogP contribution in [0, 0.1) is 5.41 Å². The second kappa shape index (κ2) is 9.62. The third-order valence-corrected chi connectivity index (χ3v) is 5.34. The van der Waals surface area contributed by atoms with Crippen molar-refractivity contribution in [2.45, 2.75) is 32.2 Å². The third-order valence-electron chi connectivity index (χ3n) is 5.34. The van der Waals surface area contributed by atoms with Crippen LogP contribution in [0.2, 0.25) is 0 Å². The highest BCUT2D eigenvalue weighted by atomic mass is 35.5. The number of hydrogen-bond donors (Lipinski definition) is 2. The van der Waals surface area contributed by atoms with Crippen LogP contribution in [0.5, 0.6) is 0 Å². The minimum atomic E-state index is -0.444. The molecule has 0 radical (unpaired) electrons. The molecule has 0 saturated carbocycles. The summed E-state index contributed by atoms with van der Waals surface area (Å²) in [5.41, 5.74) is 8.16. The number of hydrogen-bond acceptors (Lipinski definition) is 4. The minimum absolute atomic E-state index is 0. The fourth-order valence-corrected chi connectivity index (χ4v) is 3.65. The standard InChI is InChI=1S/C18H27N3O2.2ClH/c1-14(21-9-6-15-4-2-3-5-16(15)21)12-20-17(22)18(13-19)7-10-23-11-8-18;;/h2-5,14H,6-13,19H2,1H3,(H,20,22);2*1H. The Kier molecular flexibility index (Phi) is 8.48. The summed E-state index contributed by atoms with van der Waals surface area (Å²) in [4.78, 5) is 15.0. The number of fused-ring (bicyclic) bond motifs is 1. The molecule has 25 heavy (non-hydrogen) atoms. The first-order valence-corrected chi connectivity index (χ1v) is 8.57. The molecule has 7 heteroatoms. The fourth-order valence-electron chi connectivity index (χ4n) is 3.65. The molecule has 0 bridgehead atoms. The van der Waals surface area contributed by atoms with E-state index in [2.05, 4.69) is 41.4 Å². The van der Waals surface area contributed by atoms with Gasteiger partial charge in [-0.15, -0.1) is 24.8 Å². The summed E-state index contributed by atoms with van der Waals surface area (Å²) in [6.45, 7) is 5.48. The number of carbonyl (C=O) groups is 1. The second-order valence-electron chi connectivity index (χ2n) is 6.73. The van der Waals surface area contributed by atoms with Crippen LogP contribution in [0.1, 0.15) is 25.3 Å². The molecule has 2 aliphatic heterocycles. The van der Waals surface area contributed by atoms with Crippen LogP contribution in [0.4, 0.5) is 5.69 Å². The van der Waals surface area contributed by atoms with Crippen LogP contribution in [0.25, 0.3) is 0 Å². The molecule has 5 nitrogen and oxygen atoms in total. The first kappa shape index (κ1) is 22.0. The number of amides is 1. The van der Waals surface area contributed by atoms with Crippen molar-refractivity contribution in [1.82, 2.24) is 5.32 Å². The van der Waals surface area contributed by atoms with Gasteiger partial charge in [-0.1, -0.05) is 18.2 Å². The monoisotopic (exact) mass is 389 g/mol. The summed E-state index contributed by atoms with van der Waals surface area (Å²) < 4.78 is 5.38. The SMILES string of the molecule is CC(CNC(=O)C1(CN)CCOCC1)N1CCc2ccccc21.Cl.Cl. The molecule has 1 unspecified atom stereocenters. The highest BCUT2D eigenvalue weighted by molar-refractivity contribution is 5.85. The number of carbonyl (C=O) groups excluding carboxylic acids is 1. The van der Waals surface area contributed by atoms with E-state index in [9.17, 15) is 4.79 Å². The van der Waals surface area contributed by atoms with Crippen molar-refractivity contribution in [3.63, 3.8) is 0 Å². The summed E-state index contributed by atoms with van der Waals surface area (Å²) in [5, 5.41) is 3.14. The Labute approximate surface area is 162 Å². The largest absolute Gasteiger partial charge is 0.381 e. The van der Waals surface area contributed by atoms with Gasteiger partial charge in [0.25, 0.3) is 0 Å². The molecule has 0 aromatic heterocycles. The van der Waals surface area contributed by atoms with E-state index in [1.54, 1.807) is 0 Å². The molecule has 2 heterocycles. The highest BCUT2D eigenvalue weighted by Gasteiger charge is 2.38. The zero-order valence-electron chi connectivity index (χ0n) is 14.7. The van der Waals surface area contributed by atoms with Crippen LogP contribution in [0.15, 0.2) is 24.3 Å². The number of nitrogens with zero attached hydrogens (tertiary/aromatic N) is 1. The number of rotatable bonds is 5. The number of nitrogens with two attached hydrogens (primary N) is 1. The van der Waals surface area contributed by atoms with Gasteiger partial charge in [0.2, 0.25) is 5.91 Å². The lowest BCUT2D eigenvalue weighted by atomic mass is 9.79. The van der Waals surface area contributed by atoms with Crippen LogP contribution in [0.3, 0.4) is 0 Å². The molecule has 142 valence electrons. The number of nitrogens with one attached hydrogen (secondary N) is 1. The Morgan fingerprint density at radius 3 is 2.68 bits per heavy atom. The van der Waals surface area contributed by atoms with Crippen LogP contribution in [-0.2, 0) is 16.0 Å². The van der Waals surface area contributed by atoms with E-state index in [0.29, 0.717) is 26.3 Å².